The summed E-state index contributed by atoms with van der Waals surface area (Å²) in [6.45, 7) is 5.46. The van der Waals surface area contributed by atoms with Crippen LogP contribution >= 0.6 is 0 Å². The van der Waals surface area contributed by atoms with Gasteiger partial charge in [0.05, 0.1) is 39.8 Å². The number of hydrogen-bond acceptors (Lipinski definition) is 15. The molecule has 7 aromatic rings. The molecule has 0 saturated carbocycles. The lowest BCUT2D eigenvalue weighted by Gasteiger charge is -2.06. The minimum absolute atomic E-state index is 0.0117. The number of phenols is 3. The third kappa shape index (κ3) is 9.62. The van der Waals surface area contributed by atoms with Gasteiger partial charge in [0.15, 0.2) is 5.75 Å². The number of rotatable bonds is 11. The zero-order chi connectivity index (χ0) is 42.4. The van der Waals surface area contributed by atoms with Gasteiger partial charge in [0, 0.05) is 11.5 Å². The molecular weight excluding hydrogens is 785 g/mol. The second kappa shape index (κ2) is 17.3. The van der Waals surface area contributed by atoms with Crippen LogP contribution in [0.15, 0.2) is 183 Å². The standard InChI is InChI=1S/C43H34N10O6S/c1-25-20-31(12-18-35(25)48-46-30-13-19-36(26(2)21-30)49-50-37-6-4-5-7-42(37)60(57,58)59)47-52-39-24-41(55)40(22-27(39)3)53-51-38-17-8-28-23-32(11-16-34(28)43(38)56)45-44-29-9-14-33(54)15-10-29/h4-24,54-56H,1-3H3,(H,57,58,59). The maximum Gasteiger partial charge on any atom is 0.296 e. The van der Waals surface area contributed by atoms with Crippen molar-refractivity contribution in [1.29, 1.82) is 0 Å². The molecule has 0 unspecified atom stereocenters. The van der Waals surface area contributed by atoms with Crippen molar-refractivity contribution in [3.8, 4) is 17.2 Å². The van der Waals surface area contributed by atoms with Crippen molar-refractivity contribution in [2.45, 2.75) is 25.7 Å². The molecule has 298 valence electrons. The highest BCUT2D eigenvalue weighted by Crippen LogP contribution is 2.40. The molecule has 16 nitrogen and oxygen atoms in total. The van der Waals surface area contributed by atoms with Crippen LogP contribution in [-0.4, -0.2) is 28.3 Å². The van der Waals surface area contributed by atoms with Crippen LogP contribution in [0.25, 0.3) is 10.8 Å². The first-order chi connectivity index (χ1) is 28.8. The van der Waals surface area contributed by atoms with Gasteiger partial charge >= 0.3 is 0 Å². The molecule has 0 aliphatic rings. The summed E-state index contributed by atoms with van der Waals surface area (Å²) in [6, 6.07) is 34.1. The Morgan fingerprint density at radius 1 is 0.417 bits per heavy atom. The molecular formula is C43H34N10O6S. The Morgan fingerprint density at radius 3 is 1.57 bits per heavy atom. The van der Waals surface area contributed by atoms with Crippen molar-refractivity contribution in [3.05, 3.63) is 144 Å². The molecule has 0 aliphatic heterocycles. The molecule has 0 spiro atoms. The van der Waals surface area contributed by atoms with Crippen molar-refractivity contribution < 1.29 is 28.3 Å². The average molecular weight is 819 g/mol. The van der Waals surface area contributed by atoms with Crippen LogP contribution in [0.2, 0.25) is 0 Å². The van der Waals surface area contributed by atoms with Gasteiger partial charge in [-0.15, -0.1) is 15.3 Å². The number of aryl methyl sites for hydroxylation is 3. The lowest BCUT2D eigenvalue weighted by Crippen LogP contribution is -1.97. The summed E-state index contributed by atoms with van der Waals surface area (Å²) in [5, 5.41) is 74.8. The Bertz CT molecular complexity index is 3040. The summed E-state index contributed by atoms with van der Waals surface area (Å²) in [4.78, 5) is -0.338. The first kappa shape index (κ1) is 40.3. The summed E-state index contributed by atoms with van der Waals surface area (Å²) in [6.07, 6.45) is 0. The van der Waals surface area contributed by atoms with Crippen molar-refractivity contribution in [3.63, 3.8) is 0 Å². The molecule has 0 fully saturated rings. The van der Waals surface area contributed by atoms with E-state index in [9.17, 15) is 28.3 Å². The first-order valence-electron chi connectivity index (χ1n) is 18.1. The smallest absolute Gasteiger partial charge is 0.296 e. The number of phenolic OH excluding ortho intramolecular Hbond substituents is 3. The van der Waals surface area contributed by atoms with Crippen molar-refractivity contribution >= 4 is 77.8 Å². The average Bonchev–Trinajstić information content (AvgIpc) is 3.22. The van der Waals surface area contributed by atoms with Gasteiger partial charge in [0.1, 0.15) is 33.5 Å². The lowest BCUT2D eigenvalue weighted by molar-refractivity contribution is 0.475. The van der Waals surface area contributed by atoms with Gasteiger partial charge in [-0.1, -0.05) is 18.2 Å². The lowest BCUT2D eigenvalue weighted by atomic mass is 10.1. The van der Waals surface area contributed by atoms with Gasteiger partial charge < -0.3 is 15.3 Å². The molecule has 60 heavy (non-hydrogen) atoms. The van der Waals surface area contributed by atoms with Crippen molar-refractivity contribution in [2.75, 3.05) is 0 Å². The van der Waals surface area contributed by atoms with Crippen LogP contribution in [0.3, 0.4) is 0 Å². The highest BCUT2D eigenvalue weighted by molar-refractivity contribution is 7.86. The zero-order valence-corrected chi connectivity index (χ0v) is 32.9. The zero-order valence-electron chi connectivity index (χ0n) is 32.1. The molecule has 7 aromatic carbocycles. The molecule has 0 atom stereocenters. The molecule has 0 bridgehead atoms. The Balaban J connectivity index is 0.995. The van der Waals surface area contributed by atoms with Crippen LogP contribution in [0, 0.1) is 20.8 Å². The van der Waals surface area contributed by atoms with Crippen molar-refractivity contribution in [2.24, 2.45) is 51.1 Å². The van der Waals surface area contributed by atoms with E-state index in [1.807, 2.05) is 6.92 Å². The molecule has 4 N–H and O–H groups in total. The van der Waals surface area contributed by atoms with Crippen LogP contribution in [0.5, 0.6) is 17.2 Å². The van der Waals surface area contributed by atoms with Crippen molar-refractivity contribution in [1.82, 2.24) is 0 Å². The number of azo groups is 5. The quantitative estimate of drug-likeness (QED) is 0.0730. The molecule has 0 aromatic heterocycles. The fourth-order valence-electron chi connectivity index (χ4n) is 5.75. The SMILES string of the molecule is Cc1cc(N=Nc2cc(O)c(N=Nc3ccc4cc(N=Nc5ccc(O)cc5)ccc4c3O)cc2C)ccc1N=Nc1ccc(N=Nc2ccccc2S(=O)(=O)O)c(C)c1. The molecule has 0 radical (unpaired) electrons. The van der Waals surface area contributed by atoms with Crippen LogP contribution < -0.4 is 0 Å². The Hall–Kier alpha value is -7.89. The first-order valence-corrected chi connectivity index (χ1v) is 19.5. The van der Waals surface area contributed by atoms with E-state index in [2.05, 4.69) is 51.1 Å². The van der Waals surface area contributed by atoms with Crippen LogP contribution in [0.4, 0.5) is 56.9 Å². The van der Waals surface area contributed by atoms with Gasteiger partial charge in [-0.2, -0.15) is 44.2 Å². The van der Waals surface area contributed by atoms with E-state index in [-0.39, 0.29) is 39.2 Å². The predicted molar refractivity (Wildman–Crippen MR) is 226 cm³/mol. The number of hydrogen-bond donors (Lipinski definition) is 4. The molecule has 0 saturated heterocycles. The highest BCUT2D eigenvalue weighted by Gasteiger charge is 2.15. The number of nitrogens with zero attached hydrogens (tertiary/aromatic N) is 10. The van der Waals surface area contributed by atoms with Crippen LogP contribution in [0.1, 0.15) is 16.7 Å². The number of fused-ring (bicyclic) bond motifs is 1. The normalized spacial score (nSPS) is 12.3. The summed E-state index contributed by atoms with van der Waals surface area (Å²) >= 11 is 0. The van der Waals surface area contributed by atoms with E-state index in [4.69, 9.17) is 0 Å². The summed E-state index contributed by atoms with van der Waals surface area (Å²) < 4.78 is 32.8. The molecule has 17 heteroatoms. The molecule has 7 rings (SSSR count). The second-order valence-corrected chi connectivity index (χ2v) is 14.8. The highest BCUT2D eigenvalue weighted by atomic mass is 32.2. The predicted octanol–water partition coefficient (Wildman–Crippen LogP) is 14.2. The minimum Gasteiger partial charge on any atom is -0.508 e. The third-order valence-corrected chi connectivity index (χ3v) is 9.86. The topological polar surface area (TPSA) is 239 Å². The fourth-order valence-corrected chi connectivity index (χ4v) is 6.37. The van der Waals surface area contributed by atoms with Gasteiger partial charge in [-0.05, 0) is 146 Å². The Morgan fingerprint density at radius 2 is 0.900 bits per heavy atom. The Labute approximate surface area is 343 Å². The number of aromatic hydroxyl groups is 3. The molecule has 0 heterocycles. The van der Waals surface area contributed by atoms with Gasteiger partial charge in [-0.25, -0.2) is 0 Å². The van der Waals surface area contributed by atoms with E-state index in [1.54, 1.807) is 105 Å². The largest absolute Gasteiger partial charge is 0.508 e. The molecule has 0 amide bonds. The fraction of sp³-hybridized carbons (Fsp3) is 0.0698. The monoisotopic (exact) mass is 818 g/mol. The Kier molecular flexibility index (Phi) is 11.6. The van der Waals surface area contributed by atoms with E-state index in [1.165, 1.54) is 36.4 Å². The van der Waals surface area contributed by atoms with E-state index in [0.717, 1.165) is 11.1 Å². The summed E-state index contributed by atoms with van der Waals surface area (Å²) in [7, 11) is -4.46. The third-order valence-electron chi connectivity index (χ3n) is 8.96. The van der Waals surface area contributed by atoms with E-state index < -0.39 is 10.1 Å². The summed E-state index contributed by atoms with van der Waals surface area (Å²) in [5.74, 6) is -0.125. The second-order valence-electron chi connectivity index (χ2n) is 13.4. The minimum atomic E-state index is -4.46. The maximum atomic E-state index is 11.7. The molecule has 0 aliphatic carbocycles. The summed E-state index contributed by atoms with van der Waals surface area (Å²) in [5.41, 5.74) is 6.35. The van der Waals surface area contributed by atoms with E-state index >= 15 is 0 Å². The van der Waals surface area contributed by atoms with Gasteiger partial charge in [-0.3, -0.25) is 4.55 Å². The van der Waals surface area contributed by atoms with Crippen LogP contribution in [-0.2, 0) is 10.1 Å². The van der Waals surface area contributed by atoms with Gasteiger partial charge in [0.25, 0.3) is 10.1 Å². The van der Waals surface area contributed by atoms with Gasteiger partial charge in [0.2, 0.25) is 0 Å². The number of benzene rings is 7. The maximum absolute atomic E-state index is 11.7. The van der Waals surface area contributed by atoms with E-state index in [0.29, 0.717) is 56.1 Å².